The van der Waals surface area contributed by atoms with E-state index in [2.05, 4.69) is 20.9 Å². The van der Waals surface area contributed by atoms with Crippen LogP contribution < -0.4 is 4.74 Å². The molecule has 0 aliphatic carbocycles. The predicted octanol–water partition coefficient (Wildman–Crippen LogP) is 5.19. The van der Waals surface area contributed by atoms with Crippen molar-refractivity contribution in [3.8, 4) is 11.4 Å². The largest absolute Gasteiger partial charge is 0.495 e. The predicted molar refractivity (Wildman–Crippen MR) is 89.9 cm³/mol. The van der Waals surface area contributed by atoms with Crippen LogP contribution in [0.25, 0.3) is 16.7 Å². The molecule has 0 atom stereocenters. The Morgan fingerprint density at radius 3 is 2.76 bits per heavy atom. The molecule has 0 radical (unpaired) electrons. The Hall–Kier alpha value is -1.23. The van der Waals surface area contributed by atoms with Gasteiger partial charge in [0.2, 0.25) is 0 Å². The van der Waals surface area contributed by atoms with Gasteiger partial charge in [0.25, 0.3) is 0 Å². The van der Waals surface area contributed by atoms with Crippen molar-refractivity contribution in [2.75, 3.05) is 7.11 Å². The molecule has 1 heterocycles. The van der Waals surface area contributed by atoms with Crippen molar-refractivity contribution in [2.45, 2.75) is 5.88 Å². The molecule has 0 fully saturated rings. The van der Waals surface area contributed by atoms with Gasteiger partial charge in [-0.2, -0.15) is 0 Å². The van der Waals surface area contributed by atoms with Gasteiger partial charge in [-0.05, 0) is 36.4 Å². The second-order valence-corrected chi connectivity index (χ2v) is 6.07. The van der Waals surface area contributed by atoms with Crippen molar-refractivity contribution in [2.24, 2.45) is 0 Å². The molecular weight excluding hydrogens is 375 g/mol. The molecule has 21 heavy (non-hydrogen) atoms. The molecule has 2 aromatic carbocycles. The number of nitrogens with zero attached hydrogens (tertiary/aromatic N) is 2. The van der Waals surface area contributed by atoms with Crippen LogP contribution in [0.5, 0.6) is 5.75 Å². The van der Waals surface area contributed by atoms with Crippen LogP contribution in [0.2, 0.25) is 5.02 Å². The number of ether oxygens (including phenoxy) is 1. The van der Waals surface area contributed by atoms with E-state index in [1.54, 1.807) is 7.11 Å². The van der Waals surface area contributed by atoms with Crippen LogP contribution in [0.4, 0.5) is 0 Å². The Balaban J connectivity index is 2.36. The van der Waals surface area contributed by atoms with Crippen molar-refractivity contribution in [1.82, 2.24) is 9.55 Å². The molecule has 0 saturated heterocycles. The van der Waals surface area contributed by atoms with Gasteiger partial charge in [-0.15, -0.1) is 11.6 Å². The van der Waals surface area contributed by atoms with E-state index in [0.29, 0.717) is 10.9 Å². The van der Waals surface area contributed by atoms with Crippen LogP contribution in [0.15, 0.2) is 40.9 Å². The standard InChI is InChI=1S/C15H11BrCl2N2O/c1-21-14-5-2-9(16)6-13(14)20-12-4-3-10(18)7-11(12)19-15(20)8-17/h2-7H,8H2,1H3. The van der Waals surface area contributed by atoms with Gasteiger partial charge in [0.15, 0.2) is 0 Å². The fraction of sp³-hybridized carbons (Fsp3) is 0.133. The minimum Gasteiger partial charge on any atom is -0.495 e. The SMILES string of the molecule is COc1ccc(Br)cc1-n1c(CCl)nc2cc(Cl)ccc21. The van der Waals surface area contributed by atoms with Crippen LogP contribution >= 0.6 is 39.1 Å². The minimum atomic E-state index is 0.294. The number of hydrogen-bond acceptors (Lipinski definition) is 2. The first-order valence-electron chi connectivity index (χ1n) is 6.21. The second-order valence-electron chi connectivity index (χ2n) is 4.45. The number of imidazole rings is 1. The zero-order valence-corrected chi connectivity index (χ0v) is 14.2. The molecule has 0 amide bonds. The molecule has 0 aliphatic heterocycles. The van der Waals surface area contributed by atoms with Gasteiger partial charge in [-0.1, -0.05) is 27.5 Å². The fourth-order valence-corrected chi connectivity index (χ4v) is 2.99. The molecule has 108 valence electrons. The summed E-state index contributed by atoms with van der Waals surface area (Å²) in [7, 11) is 1.64. The highest BCUT2D eigenvalue weighted by Crippen LogP contribution is 2.32. The van der Waals surface area contributed by atoms with E-state index in [4.69, 9.17) is 27.9 Å². The zero-order valence-electron chi connectivity index (χ0n) is 11.1. The molecule has 0 N–H and O–H groups in total. The summed E-state index contributed by atoms with van der Waals surface area (Å²) in [6, 6.07) is 11.4. The summed E-state index contributed by atoms with van der Waals surface area (Å²) in [4.78, 5) is 4.55. The van der Waals surface area contributed by atoms with Crippen LogP contribution in [-0.4, -0.2) is 16.7 Å². The summed E-state index contributed by atoms with van der Waals surface area (Å²) in [5, 5.41) is 0.648. The molecule has 0 aliphatic rings. The maximum absolute atomic E-state index is 6.06. The first-order valence-corrected chi connectivity index (χ1v) is 7.91. The Kier molecular flexibility index (Phi) is 4.11. The van der Waals surface area contributed by atoms with Gasteiger partial charge < -0.3 is 4.74 Å². The lowest BCUT2D eigenvalue weighted by molar-refractivity contribution is 0.413. The van der Waals surface area contributed by atoms with Crippen molar-refractivity contribution >= 4 is 50.2 Å². The summed E-state index contributed by atoms with van der Waals surface area (Å²) in [5.74, 6) is 1.78. The summed E-state index contributed by atoms with van der Waals surface area (Å²) in [5.41, 5.74) is 2.62. The number of aromatic nitrogens is 2. The van der Waals surface area contributed by atoms with Crippen LogP contribution in [-0.2, 0) is 5.88 Å². The van der Waals surface area contributed by atoms with Crippen LogP contribution in [0.3, 0.4) is 0 Å². The highest BCUT2D eigenvalue weighted by molar-refractivity contribution is 9.10. The van der Waals surface area contributed by atoms with E-state index in [1.807, 2.05) is 41.0 Å². The maximum atomic E-state index is 6.06. The van der Waals surface area contributed by atoms with Crippen LogP contribution in [0.1, 0.15) is 5.82 Å². The van der Waals surface area contributed by atoms with Crippen molar-refractivity contribution < 1.29 is 4.74 Å². The molecule has 1 aromatic heterocycles. The normalized spacial score (nSPS) is 11.0. The average Bonchev–Trinajstić information content (AvgIpc) is 2.84. The number of halogens is 3. The first-order chi connectivity index (χ1) is 10.1. The minimum absolute atomic E-state index is 0.294. The lowest BCUT2D eigenvalue weighted by Crippen LogP contribution is -2.02. The molecule has 3 aromatic rings. The van der Waals surface area contributed by atoms with Gasteiger partial charge in [0.05, 0.1) is 29.7 Å². The van der Waals surface area contributed by atoms with Gasteiger partial charge in [0, 0.05) is 9.50 Å². The summed E-state index contributed by atoms with van der Waals surface area (Å²) >= 11 is 15.6. The second kappa shape index (κ2) is 5.87. The molecule has 0 spiro atoms. The van der Waals surface area contributed by atoms with E-state index < -0.39 is 0 Å². The summed E-state index contributed by atoms with van der Waals surface area (Å²) in [6.45, 7) is 0. The zero-order chi connectivity index (χ0) is 15.0. The Labute approximate surface area is 140 Å². The molecular formula is C15H11BrCl2N2O. The number of benzene rings is 2. The molecule has 0 saturated carbocycles. The van der Waals surface area contributed by atoms with E-state index in [9.17, 15) is 0 Å². The number of alkyl halides is 1. The monoisotopic (exact) mass is 384 g/mol. The number of hydrogen-bond donors (Lipinski definition) is 0. The number of methoxy groups -OCH3 is 1. The number of fused-ring (bicyclic) bond motifs is 1. The van der Waals surface area contributed by atoms with E-state index >= 15 is 0 Å². The lowest BCUT2D eigenvalue weighted by Gasteiger charge is -2.13. The third kappa shape index (κ3) is 2.63. The fourth-order valence-electron chi connectivity index (χ4n) is 2.30. The highest BCUT2D eigenvalue weighted by Gasteiger charge is 2.15. The van der Waals surface area contributed by atoms with E-state index in [0.717, 1.165) is 32.8 Å². The molecule has 6 heteroatoms. The van der Waals surface area contributed by atoms with Crippen molar-refractivity contribution in [1.29, 1.82) is 0 Å². The highest BCUT2D eigenvalue weighted by atomic mass is 79.9. The summed E-state index contributed by atoms with van der Waals surface area (Å²) in [6.07, 6.45) is 0. The Morgan fingerprint density at radius 1 is 1.24 bits per heavy atom. The smallest absolute Gasteiger partial charge is 0.142 e. The molecule has 0 bridgehead atoms. The van der Waals surface area contributed by atoms with Crippen LogP contribution in [0, 0.1) is 0 Å². The van der Waals surface area contributed by atoms with Crippen molar-refractivity contribution in [3.63, 3.8) is 0 Å². The first kappa shape index (κ1) is 14.7. The van der Waals surface area contributed by atoms with Gasteiger partial charge >= 0.3 is 0 Å². The average molecular weight is 386 g/mol. The Bertz CT molecular complexity index is 817. The maximum Gasteiger partial charge on any atom is 0.142 e. The Morgan fingerprint density at radius 2 is 2.05 bits per heavy atom. The third-order valence-electron chi connectivity index (χ3n) is 3.19. The van der Waals surface area contributed by atoms with E-state index in [1.165, 1.54) is 0 Å². The third-order valence-corrected chi connectivity index (χ3v) is 4.15. The number of rotatable bonds is 3. The van der Waals surface area contributed by atoms with Gasteiger partial charge in [-0.3, -0.25) is 4.57 Å². The topological polar surface area (TPSA) is 27.1 Å². The van der Waals surface area contributed by atoms with Gasteiger partial charge in [0.1, 0.15) is 11.6 Å². The molecule has 3 rings (SSSR count). The summed E-state index contributed by atoms with van der Waals surface area (Å²) < 4.78 is 8.40. The lowest BCUT2D eigenvalue weighted by atomic mass is 10.2. The van der Waals surface area contributed by atoms with Gasteiger partial charge in [-0.25, -0.2) is 4.98 Å². The molecule has 0 unspecified atom stereocenters. The quantitative estimate of drug-likeness (QED) is 0.580. The molecule has 3 nitrogen and oxygen atoms in total. The van der Waals surface area contributed by atoms with E-state index in [-0.39, 0.29) is 0 Å². The van der Waals surface area contributed by atoms with Crippen molar-refractivity contribution in [3.05, 3.63) is 51.7 Å².